The van der Waals surface area contributed by atoms with Crippen LogP contribution in [0.15, 0.2) is 48.5 Å². The molecule has 0 spiro atoms. The highest BCUT2D eigenvalue weighted by molar-refractivity contribution is 5.89. The van der Waals surface area contributed by atoms with Gasteiger partial charge in [0.25, 0.3) is 0 Å². The van der Waals surface area contributed by atoms with Gasteiger partial charge in [0.1, 0.15) is 74.3 Å². The van der Waals surface area contributed by atoms with E-state index < -0.39 is 97.9 Å². The van der Waals surface area contributed by atoms with Gasteiger partial charge in [0.05, 0.1) is 13.2 Å². The third kappa shape index (κ3) is 8.67. The first-order valence-electron chi connectivity index (χ1n) is 16.2. The molecule has 2 aliphatic heterocycles. The molecule has 50 heavy (non-hydrogen) atoms. The van der Waals surface area contributed by atoms with E-state index in [1.807, 2.05) is 0 Å². The Balaban J connectivity index is 1.36. The normalized spacial score (nSPS) is 31.9. The molecule has 2 fully saturated rings. The molecule has 2 aromatic carbocycles. The van der Waals surface area contributed by atoms with E-state index in [-0.39, 0.29) is 25.6 Å². The van der Waals surface area contributed by atoms with Gasteiger partial charge in [-0.3, -0.25) is 0 Å². The van der Waals surface area contributed by atoms with Crippen LogP contribution in [0.3, 0.4) is 0 Å². The van der Waals surface area contributed by atoms with E-state index in [0.29, 0.717) is 22.3 Å². The summed E-state index contributed by atoms with van der Waals surface area (Å²) in [6, 6.07) is 12.1. The number of ether oxygens (including phenoxy) is 4. The van der Waals surface area contributed by atoms with Crippen LogP contribution < -0.4 is 0 Å². The van der Waals surface area contributed by atoms with Crippen molar-refractivity contribution in [2.75, 3.05) is 13.2 Å². The lowest BCUT2D eigenvalue weighted by Crippen LogP contribution is -2.55. The van der Waals surface area contributed by atoms with Crippen molar-refractivity contribution in [3.05, 3.63) is 70.8 Å². The number of rotatable bonds is 13. The van der Waals surface area contributed by atoms with Crippen LogP contribution in [-0.4, -0.2) is 137 Å². The Bertz CT molecular complexity index is 1400. The third-order valence-electron chi connectivity index (χ3n) is 8.90. The highest BCUT2D eigenvalue weighted by atomic mass is 16.6. The maximum Gasteiger partial charge on any atom is 0.341 e. The molecule has 2 aromatic rings. The quantitative estimate of drug-likeness (QED) is 0.0974. The van der Waals surface area contributed by atoms with Crippen molar-refractivity contribution in [1.82, 2.24) is 0 Å². The van der Waals surface area contributed by atoms with Crippen LogP contribution in [0.1, 0.15) is 54.7 Å². The van der Waals surface area contributed by atoms with Crippen LogP contribution in [0.5, 0.6) is 0 Å². The highest BCUT2D eigenvalue weighted by Crippen LogP contribution is 2.34. The Morgan fingerprint density at radius 2 is 1.08 bits per heavy atom. The lowest BCUT2D eigenvalue weighted by molar-refractivity contribution is -0.231. The number of hydrogen-bond donors (Lipinski definition) is 10. The molecular weight excluding hydrogens is 664 g/mol. The molecular formula is C34H46O16. The largest absolute Gasteiger partial charge is 0.459 e. The second-order valence-corrected chi connectivity index (χ2v) is 13.1. The minimum Gasteiger partial charge on any atom is -0.459 e. The molecule has 0 bridgehead atoms. The van der Waals surface area contributed by atoms with Gasteiger partial charge in [-0.1, -0.05) is 62.4 Å². The van der Waals surface area contributed by atoms with Gasteiger partial charge in [0, 0.05) is 0 Å². The predicted molar refractivity (Wildman–Crippen MR) is 168 cm³/mol. The number of esters is 2. The van der Waals surface area contributed by atoms with Crippen LogP contribution in [0, 0.1) is 5.92 Å². The fraction of sp³-hybridized carbons (Fsp3) is 0.588. The van der Waals surface area contributed by atoms with Crippen molar-refractivity contribution in [1.29, 1.82) is 0 Å². The summed E-state index contributed by atoms with van der Waals surface area (Å²) in [6.45, 7) is 1.39. The molecule has 4 rings (SSSR count). The molecule has 16 heteroatoms. The number of aliphatic hydroxyl groups excluding tert-OH is 9. The molecule has 0 amide bonds. The van der Waals surface area contributed by atoms with Gasteiger partial charge in [-0.15, -0.1) is 0 Å². The highest BCUT2D eigenvalue weighted by Gasteiger charge is 2.50. The van der Waals surface area contributed by atoms with Crippen LogP contribution in [0.2, 0.25) is 0 Å². The van der Waals surface area contributed by atoms with Crippen molar-refractivity contribution < 1.29 is 79.6 Å². The molecule has 278 valence electrons. The van der Waals surface area contributed by atoms with Gasteiger partial charge in [0.2, 0.25) is 0 Å². The summed E-state index contributed by atoms with van der Waals surface area (Å²) in [5.41, 5.74) is -1.04. The first kappa shape index (κ1) is 39.7. The summed E-state index contributed by atoms with van der Waals surface area (Å²) in [5.74, 6) is -2.95. The van der Waals surface area contributed by atoms with E-state index in [9.17, 15) is 60.7 Å². The van der Waals surface area contributed by atoms with Gasteiger partial charge < -0.3 is 70.0 Å². The number of aliphatic hydroxyl groups is 10. The topological polar surface area (TPSA) is 273 Å². The summed E-state index contributed by atoms with van der Waals surface area (Å²) in [6.07, 6.45) is -16.1. The van der Waals surface area contributed by atoms with E-state index >= 15 is 0 Å². The van der Waals surface area contributed by atoms with Crippen molar-refractivity contribution in [2.45, 2.75) is 106 Å². The van der Waals surface area contributed by atoms with E-state index in [1.165, 1.54) is 48.5 Å². The minimum atomic E-state index is -2.67. The zero-order valence-corrected chi connectivity index (χ0v) is 27.5. The number of benzene rings is 2. The molecule has 0 radical (unpaired) electrons. The predicted octanol–water partition coefficient (Wildman–Crippen LogP) is -2.36. The van der Waals surface area contributed by atoms with Gasteiger partial charge in [0.15, 0.2) is 11.7 Å². The molecule has 10 N–H and O–H groups in total. The van der Waals surface area contributed by atoms with E-state index in [0.717, 1.165) is 0 Å². The van der Waals surface area contributed by atoms with Crippen LogP contribution >= 0.6 is 0 Å². The summed E-state index contributed by atoms with van der Waals surface area (Å²) in [7, 11) is 0. The molecule has 0 aliphatic carbocycles. The SMILES string of the molecule is CC(C)CC(O)(C(=O)OCc1ccc([C@@H]2O[C@H](CO)[C@@H](O)[C@H](O)[C@H]2O)cc1)C(O)C(=O)OCc1ccc([C@@H]2O[C@H](CO)[C@@H](O)[C@H](O)[C@H]2O)cc1. The number of hydrogen-bond acceptors (Lipinski definition) is 16. The van der Waals surface area contributed by atoms with E-state index in [2.05, 4.69) is 0 Å². The molecule has 2 aliphatic rings. The van der Waals surface area contributed by atoms with Crippen LogP contribution in [0.25, 0.3) is 0 Å². The Morgan fingerprint density at radius 3 is 1.46 bits per heavy atom. The second kappa shape index (κ2) is 16.9. The Labute approximate surface area is 287 Å². The second-order valence-electron chi connectivity index (χ2n) is 13.1. The monoisotopic (exact) mass is 710 g/mol. The third-order valence-corrected chi connectivity index (χ3v) is 8.90. The van der Waals surface area contributed by atoms with Gasteiger partial charge in [-0.25, -0.2) is 9.59 Å². The zero-order valence-electron chi connectivity index (χ0n) is 27.5. The van der Waals surface area contributed by atoms with Crippen molar-refractivity contribution in [3.63, 3.8) is 0 Å². The van der Waals surface area contributed by atoms with Gasteiger partial charge in [-0.2, -0.15) is 0 Å². The fourth-order valence-corrected chi connectivity index (χ4v) is 5.99. The van der Waals surface area contributed by atoms with Crippen LogP contribution in [0.4, 0.5) is 0 Å². The summed E-state index contributed by atoms with van der Waals surface area (Å²) in [4.78, 5) is 26.0. The molecule has 0 saturated carbocycles. The molecule has 12 atom stereocenters. The summed E-state index contributed by atoms with van der Waals surface area (Å²) in [5, 5.41) is 102. The minimum absolute atomic E-state index is 0.355. The lowest BCUT2D eigenvalue weighted by atomic mass is 9.87. The Morgan fingerprint density at radius 1 is 0.680 bits per heavy atom. The standard InChI is InChI=1S/C34H46O16/c1-16(2)11-34(46,33(45)48-15-18-5-9-20(10-6-18)30-28(42)26(40)24(38)22(13-36)50-30)31(43)32(44)47-14-17-3-7-19(8-4-17)29-27(41)25(39)23(37)21(12-35)49-29/h3-10,16,21-31,35-43,46H,11-15H2,1-2H3/t21-,22-,23-,24-,25+,26+,27-,28-,29+,30+,31?,34?/m1/s1. The molecule has 2 unspecified atom stereocenters. The molecule has 0 aromatic heterocycles. The van der Waals surface area contributed by atoms with E-state index in [4.69, 9.17) is 18.9 Å². The summed E-state index contributed by atoms with van der Waals surface area (Å²) >= 11 is 0. The summed E-state index contributed by atoms with van der Waals surface area (Å²) < 4.78 is 21.6. The maximum atomic E-state index is 13.1. The van der Waals surface area contributed by atoms with E-state index in [1.54, 1.807) is 13.8 Å². The lowest BCUT2D eigenvalue weighted by Gasteiger charge is -2.40. The average molecular weight is 711 g/mol. The Kier molecular flexibility index (Phi) is 13.4. The first-order valence-corrected chi connectivity index (χ1v) is 16.2. The fourth-order valence-electron chi connectivity index (χ4n) is 5.99. The van der Waals surface area contributed by atoms with Gasteiger partial charge >= 0.3 is 11.9 Å². The van der Waals surface area contributed by atoms with Gasteiger partial charge in [-0.05, 0) is 34.6 Å². The average Bonchev–Trinajstić information content (AvgIpc) is 3.11. The van der Waals surface area contributed by atoms with Crippen LogP contribution in [-0.2, 0) is 41.8 Å². The van der Waals surface area contributed by atoms with Crippen molar-refractivity contribution in [3.8, 4) is 0 Å². The van der Waals surface area contributed by atoms with Crippen molar-refractivity contribution >= 4 is 11.9 Å². The Hall–Kier alpha value is -3.10. The number of carbonyl (C=O) groups excluding carboxylic acids is 2. The molecule has 16 nitrogen and oxygen atoms in total. The van der Waals surface area contributed by atoms with Crippen molar-refractivity contribution in [2.24, 2.45) is 5.92 Å². The molecule has 2 saturated heterocycles. The smallest absolute Gasteiger partial charge is 0.341 e. The zero-order chi connectivity index (χ0) is 36.9. The molecule has 2 heterocycles. The number of carbonyl (C=O) groups is 2. The first-order chi connectivity index (χ1) is 23.6. The maximum absolute atomic E-state index is 13.1.